The SMILES string of the molecule is CCNCc1cccc(OCCOC2CCOC2)c1. The number of hydrogen-bond acceptors (Lipinski definition) is 4. The molecule has 0 bridgehead atoms. The number of rotatable bonds is 8. The minimum atomic E-state index is 0.253. The Hall–Kier alpha value is -1.10. The lowest BCUT2D eigenvalue weighted by Crippen LogP contribution is -2.17. The Morgan fingerprint density at radius 1 is 1.37 bits per heavy atom. The summed E-state index contributed by atoms with van der Waals surface area (Å²) in [7, 11) is 0. The molecule has 1 aliphatic heterocycles. The van der Waals surface area contributed by atoms with Crippen molar-refractivity contribution < 1.29 is 14.2 Å². The van der Waals surface area contributed by atoms with E-state index in [-0.39, 0.29) is 6.10 Å². The summed E-state index contributed by atoms with van der Waals surface area (Å²) in [5.74, 6) is 0.904. The lowest BCUT2D eigenvalue weighted by atomic mass is 10.2. The number of nitrogens with one attached hydrogen (secondary N) is 1. The summed E-state index contributed by atoms with van der Waals surface area (Å²) in [4.78, 5) is 0. The normalized spacial score (nSPS) is 18.7. The van der Waals surface area contributed by atoms with E-state index in [1.165, 1.54) is 5.56 Å². The topological polar surface area (TPSA) is 39.7 Å². The van der Waals surface area contributed by atoms with Gasteiger partial charge in [0.25, 0.3) is 0 Å². The Kier molecular flexibility index (Phi) is 6.14. The average molecular weight is 265 g/mol. The van der Waals surface area contributed by atoms with Crippen molar-refractivity contribution >= 4 is 0 Å². The zero-order valence-electron chi connectivity index (χ0n) is 11.6. The molecular weight excluding hydrogens is 242 g/mol. The first kappa shape index (κ1) is 14.3. The van der Waals surface area contributed by atoms with E-state index in [1.807, 2.05) is 12.1 Å². The first-order chi connectivity index (χ1) is 9.38. The number of ether oxygens (including phenoxy) is 3. The van der Waals surface area contributed by atoms with Crippen LogP contribution in [0.15, 0.2) is 24.3 Å². The zero-order valence-corrected chi connectivity index (χ0v) is 11.6. The Bertz CT molecular complexity index is 364. The molecule has 2 rings (SSSR count). The molecule has 0 spiro atoms. The fourth-order valence-electron chi connectivity index (χ4n) is 2.03. The third-order valence-corrected chi connectivity index (χ3v) is 3.07. The molecule has 1 aliphatic rings. The molecule has 0 radical (unpaired) electrons. The van der Waals surface area contributed by atoms with Crippen LogP contribution in [-0.2, 0) is 16.0 Å². The molecule has 1 atom stereocenters. The van der Waals surface area contributed by atoms with E-state index >= 15 is 0 Å². The van der Waals surface area contributed by atoms with Crippen molar-refractivity contribution in [1.82, 2.24) is 5.32 Å². The molecule has 1 saturated heterocycles. The highest BCUT2D eigenvalue weighted by Crippen LogP contribution is 2.13. The van der Waals surface area contributed by atoms with Crippen LogP contribution >= 0.6 is 0 Å². The fraction of sp³-hybridized carbons (Fsp3) is 0.600. The highest BCUT2D eigenvalue weighted by atomic mass is 16.6. The summed E-state index contributed by atoms with van der Waals surface area (Å²) in [6.45, 7) is 6.69. The summed E-state index contributed by atoms with van der Waals surface area (Å²) in [5, 5.41) is 3.30. The standard InChI is InChI=1S/C15H23NO3/c1-2-16-11-13-4-3-5-14(10-13)18-8-9-19-15-6-7-17-12-15/h3-5,10,15-16H,2,6-9,11-12H2,1H3. The molecule has 1 fully saturated rings. The molecule has 106 valence electrons. The number of benzene rings is 1. The van der Waals surface area contributed by atoms with Gasteiger partial charge in [0, 0.05) is 13.2 Å². The molecule has 0 aromatic heterocycles. The van der Waals surface area contributed by atoms with Gasteiger partial charge in [0.05, 0.1) is 19.3 Å². The smallest absolute Gasteiger partial charge is 0.119 e. The maximum atomic E-state index is 5.69. The van der Waals surface area contributed by atoms with E-state index in [1.54, 1.807) is 0 Å². The highest BCUT2D eigenvalue weighted by Gasteiger charge is 2.15. The van der Waals surface area contributed by atoms with Gasteiger partial charge in [0.15, 0.2) is 0 Å². The molecule has 1 unspecified atom stereocenters. The quantitative estimate of drug-likeness (QED) is 0.730. The third kappa shape index (κ3) is 5.19. The largest absolute Gasteiger partial charge is 0.491 e. The first-order valence-corrected chi connectivity index (χ1v) is 7.00. The summed E-state index contributed by atoms with van der Waals surface area (Å²) < 4.78 is 16.6. The van der Waals surface area contributed by atoms with Gasteiger partial charge in [-0.25, -0.2) is 0 Å². The summed E-state index contributed by atoms with van der Waals surface area (Å²) in [6, 6.07) is 8.17. The monoisotopic (exact) mass is 265 g/mol. The van der Waals surface area contributed by atoms with Gasteiger partial charge < -0.3 is 19.5 Å². The Labute approximate surface area is 115 Å². The molecule has 1 aromatic rings. The van der Waals surface area contributed by atoms with Crippen molar-refractivity contribution in [3.63, 3.8) is 0 Å². The van der Waals surface area contributed by atoms with Crippen molar-refractivity contribution in [3.05, 3.63) is 29.8 Å². The minimum absolute atomic E-state index is 0.253. The second-order valence-electron chi connectivity index (χ2n) is 4.63. The third-order valence-electron chi connectivity index (χ3n) is 3.07. The van der Waals surface area contributed by atoms with Crippen molar-refractivity contribution in [1.29, 1.82) is 0 Å². The van der Waals surface area contributed by atoms with Crippen LogP contribution in [-0.4, -0.2) is 39.1 Å². The minimum Gasteiger partial charge on any atom is -0.491 e. The van der Waals surface area contributed by atoms with Crippen molar-refractivity contribution in [3.8, 4) is 5.75 Å². The van der Waals surface area contributed by atoms with Gasteiger partial charge in [-0.3, -0.25) is 0 Å². The Balaban J connectivity index is 1.66. The van der Waals surface area contributed by atoms with E-state index in [0.717, 1.165) is 38.5 Å². The number of hydrogen-bond donors (Lipinski definition) is 1. The fourth-order valence-corrected chi connectivity index (χ4v) is 2.03. The summed E-state index contributed by atoms with van der Waals surface area (Å²) >= 11 is 0. The van der Waals surface area contributed by atoms with Gasteiger partial charge in [-0.15, -0.1) is 0 Å². The van der Waals surface area contributed by atoms with Crippen LogP contribution in [0.25, 0.3) is 0 Å². The molecular formula is C15H23NO3. The van der Waals surface area contributed by atoms with E-state index < -0.39 is 0 Å². The van der Waals surface area contributed by atoms with E-state index in [2.05, 4.69) is 24.4 Å². The molecule has 0 aliphatic carbocycles. The van der Waals surface area contributed by atoms with Crippen LogP contribution in [0.2, 0.25) is 0 Å². The van der Waals surface area contributed by atoms with Crippen molar-refractivity contribution in [2.45, 2.75) is 26.0 Å². The molecule has 0 amide bonds. The summed E-state index contributed by atoms with van der Waals surface area (Å²) in [5.41, 5.74) is 1.24. The van der Waals surface area contributed by atoms with E-state index in [0.29, 0.717) is 13.2 Å². The lowest BCUT2D eigenvalue weighted by Gasteiger charge is -2.11. The van der Waals surface area contributed by atoms with Crippen molar-refractivity contribution in [2.24, 2.45) is 0 Å². The maximum absolute atomic E-state index is 5.69. The predicted octanol–water partition coefficient (Wildman–Crippen LogP) is 1.98. The first-order valence-electron chi connectivity index (χ1n) is 7.00. The van der Waals surface area contributed by atoms with E-state index in [4.69, 9.17) is 14.2 Å². The second kappa shape index (κ2) is 8.15. The van der Waals surface area contributed by atoms with Gasteiger partial charge in [-0.05, 0) is 30.7 Å². The summed E-state index contributed by atoms with van der Waals surface area (Å²) in [6.07, 6.45) is 1.25. The maximum Gasteiger partial charge on any atom is 0.119 e. The molecule has 4 nitrogen and oxygen atoms in total. The van der Waals surface area contributed by atoms with Crippen LogP contribution in [0.1, 0.15) is 18.9 Å². The molecule has 1 heterocycles. The van der Waals surface area contributed by atoms with Gasteiger partial charge in [-0.1, -0.05) is 19.1 Å². The van der Waals surface area contributed by atoms with Crippen LogP contribution < -0.4 is 10.1 Å². The van der Waals surface area contributed by atoms with Gasteiger partial charge in [0.2, 0.25) is 0 Å². The highest BCUT2D eigenvalue weighted by molar-refractivity contribution is 5.28. The molecule has 0 saturated carbocycles. The van der Waals surface area contributed by atoms with Crippen molar-refractivity contribution in [2.75, 3.05) is 33.0 Å². The zero-order chi connectivity index (χ0) is 13.3. The Morgan fingerprint density at radius 3 is 3.11 bits per heavy atom. The average Bonchev–Trinajstić information content (AvgIpc) is 2.95. The van der Waals surface area contributed by atoms with Gasteiger partial charge >= 0.3 is 0 Å². The van der Waals surface area contributed by atoms with Crippen LogP contribution in [0, 0.1) is 0 Å². The van der Waals surface area contributed by atoms with Crippen LogP contribution in [0.4, 0.5) is 0 Å². The molecule has 19 heavy (non-hydrogen) atoms. The molecule has 1 N–H and O–H groups in total. The molecule has 4 heteroatoms. The molecule has 1 aromatic carbocycles. The van der Waals surface area contributed by atoms with Gasteiger partial charge in [-0.2, -0.15) is 0 Å². The second-order valence-corrected chi connectivity index (χ2v) is 4.63. The van der Waals surface area contributed by atoms with Crippen LogP contribution in [0.3, 0.4) is 0 Å². The van der Waals surface area contributed by atoms with Crippen LogP contribution in [0.5, 0.6) is 5.75 Å². The van der Waals surface area contributed by atoms with Gasteiger partial charge in [0.1, 0.15) is 12.4 Å². The lowest BCUT2D eigenvalue weighted by molar-refractivity contribution is 0.0265. The predicted molar refractivity (Wildman–Crippen MR) is 74.5 cm³/mol. The van der Waals surface area contributed by atoms with E-state index in [9.17, 15) is 0 Å². The Morgan fingerprint density at radius 2 is 2.32 bits per heavy atom.